The molecule has 0 unspecified atom stereocenters. The van der Waals surface area contributed by atoms with E-state index < -0.39 is 27.5 Å². The molecule has 1 amide bonds. The van der Waals surface area contributed by atoms with Gasteiger partial charge in [-0.25, -0.2) is 8.42 Å². The molecule has 3 rings (SSSR count). The van der Waals surface area contributed by atoms with Gasteiger partial charge in [0.25, 0.3) is 5.91 Å². The lowest BCUT2D eigenvalue weighted by molar-refractivity contribution is -0.138. The number of amides is 1. The van der Waals surface area contributed by atoms with Crippen molar-refractivity contribution < 1.29 is 31.1 Å². The minimum absolute atomic E-state index is 0.106. The first kappa shape index (κ1) is 23.1. The van der Waals surface area contributed by atoms with Gasteiger partial charge in [-0.15, -0.1) is 0 Å². The average molecular weight is 456 g/mol. The van der Waals surface area contributed by atoms with Gasteiger partial charge in [0, 0.05) is 32.7 Å². The van der Waals surface area contributed by atoms with E-state index in [0.29, 0.717) is 18.8 Å². The second-order valence-corrected chi connectivity index (χ2v) is 9.28. The minimum Gasteiger partial charge on any atom is -0.497 e. The number of sulfone groups is 1. The number of piperazine rings is 1. The van der Waals surface area contributed by atoms with E-state index in [4.69, 9.17) is 4.74 Å². The predicted molar refractivity (Wildman–Crippen MR) is 109 cm³/mol. The van der Waals surface area contributed by atoms with Crippen LogP contribution in [0.2, 0.25) is 0 Å². The van der Waals surface area contributed by atoms with Crippen LogP contribution in [-0.2, 0) is 16.0 Å². The Bertz CT molecular complexity index is 1030. The van der Waals surface area contributed by atoms with Crippen molar-refractivity contribution in [3.63, 3.8) is 0 Å². The molecular weight excluding hydrogens is 433 g/mol. The summed E-state index contributed by atoms with van der Waals surface area (Å²) in [5.41, 5.74) is -1.32. The molecule has 2 aromatic carbocycles. The average Bonchev–Trinajstić information content (AvgIpc) is 2.77. The van der Waals surface area contributed by atoms with Gasteiger partial charge in [0.15, 0.2) is 9.84 Å². The van der Waals surface area contributed by atoms with E-state index in [-0.39, 0.29) is 35.8 Å². The molecule has 1 saturated heterocycles. The Morgan fingerprint density at radius 2 is 1.71 bits per heavy atom. The number of methoxy groups -OCH3 is 1. The molecule has 0 aromatic heterocycles. The molecule has 0 N–H and O–H groups in total. The fraction of sp³-hybridized carbons (Fsp3) is 0.381. The van der Waals surface area contributed by atoms with E-state index >= 15 is 0 Å². The number of benzene rings is 2. The van der Waals surface area contributed by atoms with Gasteiger partial charge in [-0.3, -0.25) is 9.69 Å². The molecule has 1 heterocycles. The maximum absolute atomic E-state index is 13.2. The Morgan fingerprint density at radius 1 is 1.03 bits per heavy atom. The fourth-order valence-corrected chi connectivity index (χ4v) is 4.74. The van der Waals surface area contributed by atoms with Crippen molar-refractivity contribution in [1.29, 1.82) is 0 Å². The molecule has 0 atom stereocenters. The third-order valence-electron chi connectivity index (χ3n) is 5.20. The topological polar surface area (TPSA) is 66.9 Å². The SMILES string of the molecule is COc1cccc(S(=O)(=O)CCN2CCN(C(=O)c3ccccc3C(F)(F)F)CC2)c1. The molecule has 2 aromatic rings. The van der Waals surface area contributed by atoms with Crippen LogP contribution in [0, 0.1) is 0 Å². The number of ether oxygens (including phenoxy) is 1. The van der Waals surface area contributed by atoms with Crippen molar-refractivity contribution in [2.75, 3.05) is 45.6 Å². The third kappa shape index (κ3) is 5.56. The Kier molecular flexibility index (Phi) is 6.90. The molecule has 1 fully saturated rings. The molecule has 0 bridgehead atoms. The van der Waals surface area contributed by atoms with Crippen molar-refractivity contribution >= 4 is 15.7 Å². The first-order valence-corrected chi connectivity index (χ1v) is 11.3. The second kappa shape index (κ2) is 9.27. The highest BCUT2D eigenvalue weighted by Crippen LogP contribution is 2.32. The van der Waals surface area contributed by atoms with Crippen LogP contribution in [0.25, 0.3) is 0 Å². The highest BCUT2D eigenvalue weighted by Gasteiger charge is 2.36. The van der Waals surface area contributed by atoms with Crippen LogP contribution in [0.5, 0.6) is 5.75 Å². The zero-order chi connectivity index (χ0) is 22.6. The monoisotopic (exact) mass is 456 g/mol. The summed E-state index contributed by atoms with van der Waals surface area (Å²) < 4.78 is 69.8. The van der Waals surface area contributed by atoms with Crippen LogP contribution in [0.15, 0.2) is 53.4 Å². The van der Waals surface area contributed by atoms with Gasteiger partial charge in [0.05, 0.1) is 28.9 Å². The van der Waals surface area contributed by atoms with Gasteiger partial charge in [-0.2, -0.15) is 13.2 Å². The molecule has 6 nitrogen and oxygen atoms in total. The number of hydrogen-bond donors (Lipinski definition) is 0. The summed E-state index contributed by atoms with van der Waals surface area (Å²) in [5.74, 6) is -0.325. The van der Waals surface area contributed by atoms with Gasteiger partial charge in [0.2, 0.25) is 0 Å². The number of hydrogen-bond acceptors (Lipinski definition) is 5. The minimum atomic E-state index is -4.61. The van der Waals surface area contributed by atoms with Crippen LogP contribution in [0.4, 0.5) is 13.2 Å². The maximum atomic E-state index is 13.2. The number of rotatable bonds is 6. The van der Waals surface area contributed by atoms with Crippen molar-refractivity contribution in [3.05, 3.63) is 59.7 Å². The maximum Gasteiger partial charge on any atom is 0.417 e. The van der Waals surface area contributed by atoms with E-state index in [1.54, 1.807) is 12.1 Å². The largest absolute Gasteiger partial charge is 0.497 e. The van der Waals surface area contributed by atoms with Crippen LogP contribution in [0.1, 0.15) is 15.9 Å². The van der Waals surface area contributed by atoms with Crippen molar-refractivity contribution in [1.82, 2.24) is 9.80 Å². The molecule has 31 heavy (non-hydrogen) atoms. The van der Waals surface area contributed by atoms with Gasteiger partial charge in [-0.1, -0.05) is 18.2 Å². The van der Waals surface area contributed by atoms with E-state index in [0.717, 1.165) is 6.07 Å². The molecule has 0 saturated carbocycles. The molecule has 1 aliphatic heterocycles. The first-order chi connectivity index (χ1) is 14.6. The molecular formula is C21H23F3N2O4S. The number of carbonyl (C=O) groups excluding carboxylic acids is 1. The summed E-state index contributed by atoms with van der Waals surface area (Å²) in [7, 11) is -2.06. The van der Waals surface area contributed by atoms with Gasteiger partial charge in [-0.05, 0) is 30.3 Å². The molecule has 168 valence electrons. The zero-order valence-corrected chi connectivity index (χ0v) is 17.7. The number of halogens is 3. The Morgan fingerprint density at radius 3 is 2.35 bits per heavy atom. The lowest BCUT2D eigenvalue weighted by Gasteiger charge is -2.35. The summed E-state index contributed by atoms with van der Waals surface area (Å²) in [6.07, 6.45) is -4.61. The Hall–Kier alpha value is -2.59. The normalized spacial score (nSPS) is 15.7. The lowest BCUT2D eigenvalue weighted by atomic mass is 10.1. The third-order valence-corrected chi connectivity index (χ3v) is 6.89. The molecule has 10 heteroatoms. The van der Waals surface area contributed by atoms with E-state index in [1.165, 1.54) is 42.3 Å². The molecule has 0 radical (unpaired) electrons. The quantitative estimate of drug-likeness (QED) is 0.669. The summed E-state index contributed by atoms with van der Waals surface area (Å²) in [6.45, 7) is 1.48. The Balaban J connectivity index is 1.58. The smallest absolute Gasteiger partial charge is 0.417 e. The Labute approximate surface area is 179 Å². The highest BCUT2D eigenvalue weighted by molar-refractivity contribution is 7.91. The van der Waals surface area contributed by atoms with Crippen LogP contribution in [0.3, 0.4) is 0 Å². The first-order valence-electron chi connectivity index (χ1n) is 9.66. The zero-order valence-electron chi connectivity index (χ0n) is 16.9. The van der Waals surface area contributed by atoms with Crippen molar-refractivity contribution in [3.8, 4) is 5.75 Å². The number of alkyl halides is 3. The lowest BCUT2D eigenvalue weighted by Crippen LogP contribution is -2.49. The highest BCUT2D eigenvalue weighted by atomic mass is 32.2. The molecule has 1 aliphatic rings. The second-order valence-electron chi connectivity index (χ2n) is 7.18. The summed E-state index contributed by atoms with van der Waals surface area (Å²) in [6, 6.07) is 11.0. The van der Waals surface area contributed by atoms with Crippen LogP contribution < -0.4 is 4.74 Å². The van der Waals surface area contributed by atoms with Gasteiger partial charge in [0.1, 0.15) is 5.75 Å². The summed E-state index contributed by atoms with van der Waals surface area (Å²) in [5, 5.41) is 0. The standard InChI is InChI=1S/C21H23F3N2O4S/c1-30-16-5-4-6-17(15-16)31(28,29)14-13-25-9-11-26(12-10-25)20(27)18-7-2-3-8-19(18)21(22,23)24/h2-8,15H,9-14H2,1H3. The van der Waals surface area contributed by atoms with Crippen LogP contribution in [-0.4, -0.2) is 69.7 Å². The summed E-state index contributed by atoms with van der Waals surface area (Å²) in [4.78, 5) is 16.1. The predicted octanol–water partition coefficient (Wildman–Crippen LogP) is 2.95. The number of carbonyl (C=O) groups is 1. The number of nitrogens with zero attached hydrogens (tertiary/aromatic N) is 2. The van der Waals surface area contributed by atoms with Crippen LogP contribution >= 0.6 is 0 Å². The molecule has 0 aliphatic carbocycles. The van der Waals surface area contributed by atoms with Crippen molar-refractivity contribution in [2.45, 2.75) is 11.1 Å². The van der Waals surface area contributed by atoms with E-state index in [9.17, 15) is 26.4 Å². The summed E-state index contributed by atoms with van der Waals surface area (Å²) >= 11 is 0. The fourth-order valence-electron chi connectivity index (χ4n) is 3.42. The van der Waals surface area contributed by atoms with Gasteiger partial charge < -0.3 is 9.64 Å². The van der Waals surface area contributed by atoms with Crippen molar-refractivity contribution in [2.24, 2.45) is 0 Å². The van der Waals surface area contributed by atoms with E-state index in [1.807, 2.05) is 4.90 Å². The van der Waals surface area contributed by atoms with Gasteiger partial charge >= 0.3 is 6.18 Å². The van der Waals surface area contributed by atoms with E-state index in [2.05, 4.69) is 0 Å². The molecule has 0 spiro atoms.